The van der Waals surface area contributed by atoms with Crippen molar-refractivity contribution in [2.24, 2.45) is 0 Å². The highest BCUT2D eigenvalue weighted by Gasteiger charge is 2.13. The van der Waals surface area contributed by atoms with Crippen molar-refractivity contribution in [2.45, 2.75) is 17.9 Å². The minimum Gasteiger partial charge on any atom is -0.488 e. The van der Waals surface area contributed by atoms with Crippen molar-refractivity contribution in [1.82, 2.24) is 10.2 Å². The summed E-state index contributed by atoms with van der Waals surface area (Å²) in [6, 6.07) is 12.8. The minimum absolute atomic E-state index is 0.130. The van der Waals surface area contributed by atoms with Crippen LogP contribution in [0.3, 0.4) is 0 Å². The Morgan fingerprint density at radius 3 is 2.42 bits per heavy atom. The number of aromatic nitrogens is 2. The van der Waals surface area contributed by atoms with E-state index in [1.807, 2.05) is 6.92 Å². The van der Waals surface area contributed by atoms with Gasteiger partial charge >= 0.3 is 5.97 Å². The van der Waals surface area contributed by atoms with E-state index in [1.165, 1.54) is 12.1 Å². The molecule has 1 aromatic heterocycles. The van der Waals surface area contributed by atoms with E-state index in [0.29, 0.717) is 35.1 Å². The van der Waals surface area contributed by atoms with Gasteiger partial charge in [0.15, 0.2) is 16.4 Å². The van der Waals surface area contributed by atoms with Gasteiger partial charge < -0.3 is 24.1 Å². The van der Waals surface area contributed by atoms with Crippen LogP contribution >= 0.6 is 0 Å². The SMILES string of the molecule is COCC(C)Oc1cc(Oc2ccc(S(C)(=O)=O)cc2)cc(-c2cc(OCC(=O)O)n[nH]2)c1. The molecule has 1 unspecified atom stereocenters. The number of benzene rings is 2. The average Bonchev–Trinajstić information content (AvgIpc) is 3.21. The number of hydrogen-bond donors (Lipinski definition) is 2. The van der Waals surface area contributed by atoms with E-state index in [-0.39, 0.29) is 16.9 Å². The number of aromatic amines is 1. The molecule has 2 N–H and O–H groups in total. The third kappa shape index (κ3) is 6.96. The monoisotopic (exact) mass is 476 g/mol. The van der Waals surface area contributed by atoms with Gasteiger partial charge in [0.05, 0.1) is 17.2 Å². The van der Waals surface area contributed by atoms with Gasteiger partial charge in [-0.05, 0) is 43.3 Å². The van der Waals surface area contributed by atoms with Gasteiger partial charge in [-0.25, -0.2) is 13.2 Å². The number of nitrogens with one attached hydrogen (secondary N) is 1. The van der Waals surface area contributed by atoms with Crippen molar-refractivity contribution in [3.63, 3.8) is 0 Å². The summed E-state index contributed by atoms with van der Waals surface area (Å²) < 4.78 is 45.4. The van der Waals surface area contributed by atoms with Crippen molar-refractivity contribution in [3.05, 3.63) is 48.5 Å². The zero-order valence-electron chi connectivity index (χ0n) is 18.3. The summed E-state index contributed by atoms with van der Waals surface area (Å²) in [5.41, 5.74) is 1.20. The summed E-state index contributed by atoms with van der Waals surface area (Å²) in [6.07, 6.45) is 0.902. The number of carboxylic acids is 1. The molecule has 0 saturated heterocycles. The standard InChI is InChI=1S/C22H24N2O8S/c1-14(12-29-2)31-17-8-15(20-11-21(24-23-20)30-13-22(25)26)9-18(10-17)32-16-4-6-19(7-5-16)33(3,27)28/h4-11,14H,12-13H2,1-3H3,(H,23,24)(H,25,26). The molecule has 1 heterocycles. The second-order valence-corrected chi connectivity index (χ2v) is 9.24. The predicted octanol–water partition coefficient (Wildman–Crippen LogP) is 3.15. The number of hydrogen-bond acceptors (Lipinski definition) is 8. The van der Waals surface area contributed by atoms with Crippen LogP contribution in [0.25, 0.3) is 11.3 Å². The van der Waals surface area contributed by atoms with Crippen LogP contribution in [0.4, 0.5) is 0 Å². The van der Waals surface area contributed by atoms with Crippen LogP contribution in [0, 0.1) is 0 Å². The molecule has 0 aliphatic carbocycles. The number of rotatable bonds is 11. The van der Waals surface area contributed by atoms with Gasteiger partial charge in [0, 0.05) is 31.1 Å². The number of ether oxygens (including phenoxy) is 4. The molecule has 3 rings (SSSR count). The first kappa shape index (κ1) is 24.1. The van der Waals surface area contributed by atoms with E-state index in [1.54, 1.807) is 43.5 Å². The number of sulfone groups is 1. The highest BCUT2D eigenvalue weighted by atomic mass is 32.2. The quantitative estimate of drug-likeness (QED) is 0.427. The summed E-state index contributed by atoms with van der Waals surface area (Å²) in [4.78, 5) is 10.9. The lowest BCUT2D eigenvalue weighted by Gasteiger charge is -2.16. The van der Waals surface area contributed by atoms with Gasteiger partial charge in [-0.15, -0.1) is 5.10 Å². The first-order chi connectivity index (χ1) is 15.6. The largest absolute Gasteiger partial charge is 0.488 e. The molecule has 0 bridgehead atoms. The van der Waals surface area contributed by atoms with E-state index in [4.69, 9.17) is 24.1 Å². The topological polar surface area (TPSA) is 137 Å². The summed E-state index contributed by atoms with van der Waals surface area (Å²) >= 11 is 0. The van der Waals surface area contributed by atoms with Gasteiger partial charge in [-0.3, -0.25) is 5.10 Å². The van der Waals surface area contributed by atoms with Gasteiger partial charge in [0.2, 0.25) is 5.88 Å². The number of carboxylic acid groups (broad SMARTS) is 1. The summed E-state index contributed by atoms with van der Waals surface area (Å²) in [5, 5.41) is 15.5. The smallest absolute Gasteiger partial charge is 0.341 e. The van der Waals surface area contributed by atoms with Crippen LogP contribution in [0.5, 0.6) is 23.1 Å². The van der Waals surface area contributed by atoms with Gasteiger partial charge in [0.1, 0.15) is 23.4 Å². The van der Waals surface area contributed by atoms with Crippen molar-refractivity contribution in [1.29, 1.82) is 0 Å². The third-order valence-electron chi connectivity index (χ3n) is 4.32. The van der Waals surface area contributed by atoms with Crippen LogP contribution in [0.1, 0.15) is 6.92 Å². The Morgan fingerprint density at radius 1 is 1.09 bits per heavy atom. The van der Waals surface area contributed by atoms with Crippen molar-refractivity contribution in [2.75, 3.05) is 26.6 Å². The molecule has 11 heteroatoms. The van der Waals surface area contributed by atoms with E-state index in [9.17, 15) is 13.2 Å². The Hall–Kier alpha value is -3.57. The summed E-state index contributed by atoms with van der Waals surface area (Å²) in [5.74, 6) is 0.389. The van der Waals surface area contributed by atoms with Crippen LogP contribution in [0.15, 0.2) is 53.4 Å². The van der Waals surface area contributed by atoms with Crippen molar-refractivity contribution >= 4 is 15.8 Å². The lowest BCUT2D eigenvalue weighted by atomic mass is 10.1. The molecule has 33 heavy (non-hydrogen) atoms. The van der Waals surface area contributed by atoms with E-state index in [2.05, 4.69) is 10.2 Å². The second-order valence-electron chi connectivity index (χ2n) is 7.22. The predicted molar refractivity (Wildman–Crippen MR) is 119 cm³/mol. The Morgan fingerprint density at radius 2 is 1.79 bits per heavy atom. The second kappa shape index (κ2) is 10.4. The molecule has 0 radical (unpaired) electrons. The Balaban J connectivity index is 1.90. The third-order valence-corrected chi connectivity index (χ3v) is 5.44. The van der Waals surface area contributed by atoms with E-state index < -0.39 is 22.4 Å². The van der Waals surface area contributed by atoms with Gasteiger partial charge in [0.25, 0.3) is 0 Å². The molecular weight excluding hydrogens is 452 g/mol. The Kier molecular flexibility index (Phi) is 7.56. The highest BCUT2D eigenvalue weighted by Crippen LogP contribution is 2.33. The fourth-order valence-corrected chi connectivity index (χ4v) is 3.54. The molecular formula is C22H24N2O8S. The lowest BCUT2D eigenvalue weighted by Crippen LogP contribution is -2.17. The molecule has 0 saturated carbocycles. The van der Waals surface area contributed by atoms with E-state index >= 15 is 0 Å². The Bertz CT molecular complexity index is 1210. The number of aliphatic carboxylic acids is 1. The molecule has 0 amide bonds. The van der Waals surface area contributed by atoms with Gasteiger partial charge in [-0.1, -0.05) is 0 Å². The molecule has 2 aromatic carbocycles. The normalized spacial score (nSPS) is 12.2. The number of carbonyl (C=O) groups is 1. The van der Waals surface area contributed by atoms with Crippen LogP contribution in [-0.2, 0) is 19.4 Å². The first-order valence-electron chi connectivity index (χ1n) is 9.83. The average molecular weight is 477 g/mol. The van der Waals surface area contributed by atoms with Crippen molar-refractivity contribution < 1.29 is 37.3 Å². The fraction of sp³-hybridized carbons (Fsp3) is 0.273. The molecule has 0 aliphatic rings. The number of nitrogens with zero attached hydrogens (tertiary/aromatic N) is 1. The lowest BCUT2D eigenvalue weighted by molar-refractivity contribution is -0.139. The first-order valence-corrected chi connectivity index (χ1v) is 11.7. The Labute approximate surface area is 191 Å². The zero-order valence-corrected chi connectivity index (χ0v) is 19.1. The van der Waals surface area contributed by atoms with Crippen molar-refractivity contribution in [3.8, 4) is 34.4 Å². The molecule has 3 aromatic rings. The maximum atomic E-state index is 11.7. The van der Waals surface area contributed by atoms with Gasteiger partial charge in [-0.2, -0.15) is 0 Å². The highest BCUT2D eigenvalue weighted by molar-refractivity contribution is 7.90. The van der Waals surface area contributed by atoms with Crippen LogP contribution in [-0.4, -0.2) is 62.4 Å². The minimum atomic E-state index is -3.32. The van der Waals surface area contributed by atoms with Crippen LogP contribution in [0.2, 0.25) is 0 Å². The maximum Gasteiger partial charge on any atom is 0.341 e. The maximum absolute atomic E-state index is 11.7. The molecule has 1 atom stereocenters. The van der Waals surface area contributed by atoms with Crippen LogP contribution < -0.4 is 14.2 Å². The molecule has 0 spiro atoms. The molecule has 0 fully saturated rings. The number of H-pyrrole nitrogens is 1. The zero-order chi connectivity index (χ0) is 24.0. The fourth-order valence-electron chi connectivity index (χ4n) is 2.91. The molecule has 0 aliphatic heterocycles. The van der Waals surface area contributed by atoms with E-state index in [0.717, 1.165) is 6.26 Å². The molecule has 10 nitrogen and oxygen atoms in total. The molecule has 176 valence electrons. The summed E-state index contributed by atoms with van der Waals surface area (Å²) in [7, 11) is -1.74. The number of methoxy groups -OCH3 is 1. The summed E-state index contributed by atoms with van der Waals surface area (Å²) in [6.45, 7) is 1.72.